The molecule has 4 aliphatic carbocycles. The molecule has 0 N–H and O–H groups in total. The summed E-state index contributed by atoms with van der Waals surface area (Å²) in [5, 5.41) is 0. The molecule has 4 rings (SSSR count). The van der Waals surface area contributed by atoms with Gasteiger partial charge in [-0.1, -0.05) is 20.3 Å². The molecule has 0 nitrogen and oxygen atoms in total. The average Bonchev–Trinajstić information content (AvgIpc) is 2.93. The van der Waals surface area contributed by atoms with E-state index in [0.29, 0.717) is 0 Å². The zero-order valence-electron chi connectivity index (χ0n) is 10.2. The van der Waals surface area contributed by atoms with Crippen molar-refractivity contribution in [2.24, 2.45) is 40.9 Å². The first-order chi connectivity index (χ1) is 7.23. The van der Waals surface area contributed by atoms with Crippen LogP contribution < -0.4 is 0 Å². The van der Waals surface area contributed by atoms with E-state index in [1.165, 1.54) is 30.1 Å². The Morgan fingerprint density at radius 2 is 1.73 bits per heavy atom. The van der Waals surface area contributed by atoms with Crippen LogP contribution in [-0.2, 0) is 0 Å². The zero-order valence-corrected chi connectivity index (χ0v) is 10.2. The van der Waals surface area contributed by atoms with Crippen LogP contribution >= 0.6 is 0 Å². The maximum Gasteiger partial charge on any atom is -0.0294 e. The number of rotatable bonds is 1. The molecule has 4 saturated carbocycles. The minimum Gasteiger partial charge on any atom is -0.0649 e. The molecule has 0 radical (unpaired) electrons. The molecule has 0 amide bonds. The molecule has 0 saturated heterocycles. The summed E-state index contributed by atoms with van der Waals surface area (Å²) >= 11 is 0. The van der Waals surface area contributed by atoms with E-state index in [-0.39, 0.29) is 0 Å². The Labute approximate surface area is 93.8 Å². The third-order valence-electron chi connectivity index (χ3n) is 7.04. The lowest BCUT2D eigenvalue weighted by atomic mass is 9.61. The monoisotopic (exact) mass is 204 g/mol. The van der Waals surface area contributed by atoms with Gasteiger partial charge >= 0.3 is 0 Å². The lowest BCUT2D eigenvalue weighted by Gasteiger charge is -2.44. The Balaban J connectivity index is 1.71. The summed E-state index contributed by atoms with van der Waals surface area (Å²) in [4.78, 5) is 0. The summed E-state index contributed by atoms with van der Waals surface area (Å²) in [5.74, 6) is 7.02. The predicted octanol–water partition coefficient (Wildman–Crippen LogP) is 4.10. The van der Waals surface area contributed by atoms with Crippen LogP contribution in [0, 0.1) is 40.9 Å². The number of fused-ring (bicyclic) bond motifs is 9. The topological polar surface area (TPSA) is 0 Å². The molecule has 0 aliphatic heterocycles. The molecule has 4 aliphatic rings. The number of hydrogen-bond donors (Lipinski definition) is 0. The lowest BCUT2D eigenvalue weighted by Crippen LogP contribution is -2.37. The van der Waals surface area contributed by atoms with E-state index >= 15 is 0 Å². The maximum atomic E-state index is 2.60. The minimum absolute atomic E-state index is 0.746. The fraction of sp³-hybridized carbons (Fsp3) is 1.00. The highest BCUT2D eigenvalue weighted by Gasteiger charge is 2.64. The Morgan fingerprint density at radius 1 is 1.00 bits per heavy atom. The third kappa shape index (κ3) is 0.913. The van der Waals surface area contributed by atoms with Crippen LogP contribution in [0.4, 0.5) is 0 Å². The van der Waals surface area contributed by atoms with Crippen molar-refractivity contribution >= 4 is 0 Å². The van der Waals surface area contributed by atoms with E-state index in [1.54, 1.807) is 32.1 Å². The normalized spacial score (nSPS) is 65.2. The van der Waals surface area contributed by atoms with Gasteiger partial charge in [0.15, 0.2) is 0 Å². The minimum atomic E-state index is 0.746. The molecule has 7 atom stereocenters. The van der Waals surface area contributed by atoms with Crippen LogP contribution in [0.3, 0.4) is 0 Å². The standard InChI is InChI=1S/C15H24/c1-3-15(2)8-11-7-12(15)14-10-5-4-9(6-10)13(11)14/h9-14H,3-8H2,1-2H3/t9?,10?,11?,12?,13?,14?,15-/m1/s1. The van der Waals surface area contributed by atoms with Crippen LogP contribution in [0.2, 0.25) is 0 Å². The Hall–Kier alpha value is 0. The van der Waals surface area contributed by atoms with Crippen molar-refractivity contribution < 1.29 is 0 Å². The van der Waals surface area contributed by atoms with Gasteiger partial charge in [0.25, 0.3) is 0 Å². The van der Waals surface area contributed by atoms with Crippen molar-refractivity contribution in [1.29, 1.82) is 0 Å². The Morgan fingerprint density at radius 3 is 2.47 bits per heavy atom. The summed E-state index contributed by atoms with van der Waals surface area (Å²) in [6.45, 7) is 5.03. The molecular formula is C15H24. The second kappa shape index (κ2) is 2.63. The van der Waals surface area contributed by atoms with Crippen molar-refractivity contribution in [3.63, 3.8) is 0 Å². The van der Waals surface area contributed by atoms with Crippen LogP contribution in [-0.4, -0.2) is 0 Å². The quantitative estimate of drug-likeness (QED) is 0.564. The van der Waals surface area contributed by atoms with Crippen molar-refractivity contribution in [2.75, 3.05) is 0 Å². The second-order valence-electron chi connectivity index (χ2n) is 7.30. The molecule has 84 valence electrons. The van der Waals surface area contributed by atoms with Gasteiger partial charge in [-0.3, -0.25) is 0 Å². The lowest BCUT2D eigenvalue weighted by molar-refractivity contribution is 0.0436. The van der Waals surface area contributed by atoms with Crippen molar-refractivity contribution in [2.45, 2.75) is 52.4 Å². The van der Waals surface area contributed by atoms with Gasteiger partial charge in [-0.05, 0) is 73.0 Å². The van der Waals surface area contributed by atoms with E-state index in [4.69, 9.17) is 0 Å². The largest absolute Gasteiger partial charge is 0.0649 e. The molecule has 0 aromatic heterocycles. The first kappa shape index (κ1) is 9.07. The SMILES string of the molecule is CC[C@]1(C)CC2CC1C1C3CCC(C3)C21. The van der Waals surface area contributed by atoms with E-state index in [9.17, 15) is 0 Å². The molecule has 0 heteroatoms. The first-order valence-corrected chi connectivity index (χ1v) is 7.23. The Bertz CT molecular complexity index is 294. The highest BCUT2D eigenvalue weighted by atomic mass is 14.7. The Kier molecular flexibility index (Phi) is 1.59. The van der Waals surface area contributed by atoms with Gasteiger partial charge in [0.05, 0.1) is 0 Å². The van der Waals surface area contributed by atoms with Crippen LogP contribution in [0.25, 0.3) is 0 Å². The molecule has 4 bridgehead atoms. The molecule has 0 aromatic rings. The second-order valence-corrected chi connectivity index (χ2v) is 7.30. The van der Waals surface area contributed by atoms with Crippen molar-refractivity contribution in [3.8, 4) is 0 Å². The van der Waals surface area contributed by atoms with E-state index in [1.807, 2.05) is 0 Å². The summed E-state index contributed by atoms with van der Waals surface area (Å²) in [5.41, 5.74) is 0.746. The highest BCUT2D eigenvalue weighted by Crippen LogP contribution is 2.72. The summed E-state index contributed by atoms with van der Waals surface area (Å²) < 4.78 is 0. The molecule has 0 aromatic carbocycles. The molecule has 4 fully saturated rings. The predicted molar refractivity (Wildman–Crippen MR) is 62.4 cm³/mol. The van der Waals surface area contributed by atoms with Crippen molar-refractivity contribution in [1.82, 2.24) is 0 Å². The molecule has 6 unspecified atom stereocenters. The van der Waals surface area contributed by atoms with Crippen LogP contribution in [0.5, 0.6) is 0 Å². The molecular weight excluding hydrogens is 180 g/mol. The van der Waals surface area contributed by atoms with Crippen LogP contribution in [0.15, 0.2) is 0 Å². The van der Waals surface area contributed by atoms with Gasteiger partial charge in [0, 0.05) is 0 Å². The van der Waals surface area contributed by atoms with E-state index in [2.05, 4.69) is 13.8 Å². The van der Waals surface area contributed by atoms with E-state index < -0.39 is 0 Å². The fourth-order valence-electron chi connectivity index (χ4n) is 6.44. The van der Waals surface area contributed by atoms with Gasteiger partial charge in [0.2, 0.25) is 0 Å². The first-order valence-electron chi connectivity index (χ1n) is 7.23. The van der Waals surface area contributed by atoms with Crippen molar-refractivity contribution in [3.05, 3.63) is 0 Å². The number of hydrogen-bond acceptors (Lipinski definition) is 0. The highest BCUT2D eigenvalue weighted by molar-refractivity contribution is 5.13. The maximum absolute atomic E-state index is 2.60. The van der Waals surface area contributed by atoms with Crippen LogP contribution in [0.1, 0.15) is 52.4 Å². The van der Waals surface area contributed by atoms with Gasteiger partial charge < -0.3 is 0 Å². The molecule has 15 heavy (non-hydrogen) atoms. The smallest absolute Gasteiger partial charge is 0.0294 e. The van der Waals surface area contributed by atoms with Gasteiger partial charge in [0.1, 0.15) is 0 Å². The van der Waals surface area contributed by atoms with Gasteiger partial charge in [-0.25, -0.2) is 0 Å². The molecule has 0 spiro atoms. The molecule has 0 heterocycles. The summed E-state index contributed by atoms with van der Waals surface area (Å²) in [7, 11) is 0. The fourth-order valence-corrected chi connectivity index (χ4v) is 6.44. The third-order valence-corrected chi connectivity index (χ3v) is 7.04. The summed E-state index contributed by atoms with van der Waals surface area (Å²) in [6, 6.07) is 0. The van der Waals surface area contributed by atoms with E-state index in [0.717, 1.165) is 17.3 Å². The van der Waals surface area contributed by atoms with Gasteiger partial charge in [-0.2, -0.15) is 0 Å². The zero-order chi connectivity index (χ0) is 10.2. The average molecular weight is 204 g/mol. The van der Waals surface area contributed by atoms with Gasteiger partial charge in [-0.15, -0.1) is 0 Å². The summed E-state index contributed by atoms with van der Waals surface area (Å²) in [6.07, 6.45) is 9.45.